The molecule has 3 aromatic rings. The number of carbonyl (C=O) groups is 3. The molecule has 0 fully saturated rings. The molecule has 2 aromatic heterocycles. The van der Waals surface area contributed by atoms with Gasteiger partial charge in [-0.15, -0.1) is 0 Å². The summed E-state index contributed by atoms with van der Waals surface area (Å²) in [5, 5.41) is 20.7. The summed E-state index contributed by atoms with van der Waals surface area (Å²) < 4.78 is 12.1. The number of likely N-dealkylation sites (N-methyl/N-ethyl adjacent to an activating group) is 1. The van der Waals surface area contributed by atoms with Gasteiger partial charge in [-0.3, -0.25) is 14.5 Å². The highest BCUT2D eigenvalue weighted by Crippen LogP contribution is 2.40. The molecule has 11 heteroatoms. The number of nitrogens with zero attached hydrogens (tertiary/aromatic N) is 3. The van der Waals surface area contributed by atoms with Crippen LogP contribution in [-0.4, -0.2) is 56.3 Å². The Hall–Kier alpha value is -4.25. The first-order valence-corrected chi connectivity index (χ1v) is 11.9. The van der Waals surface area contributed by atoms with Gasteiger partial charge < -0.3 is 24.3 Å². The second kappa shape index (κ2) is 8.70. The lowest BCUT2D eigenvalue weighted by Crippen LogP contribution is -2.44. The van der Waals surface area contributed by atoms with Crippen LogP contribution >= 0.6 is 0 Å². The minimum absolute atomic E-state index is 0.0586. The van der Waals surface area contributed by atoms with E-state index in [1.165, 1.54) is 7.05 Å². The Morgan fingerprint density at radius 2 is 1.97 bits per heavy atom. The van der Waals surface area contributed by atoms with Crippen molar-refractivity contribution >= 4 is 28.9 Å². The van der Waals surface area contributed by atoms with E-state index >= 15 is 0 Å². The van der Waals surface area contributed by atoms with Gasteiger partial charge >= 0.3 is 18.0 Å². The standard InChI is InChI=1S/C26H25N3O8/c1-4-14-15-8-13(37-25(34)28(3)11-21(30)31)6-7-19(15)27-22-16(14)10-29-20(22)9-18-17(23(29)32)12-36-24(33)26(18,35)5-2/h6-9,35H,4-5,10-12H2,1-3H3,(H,30,31)/t26-/m0/s1. The Morgan fingerprint density at radius 3 is 2.65 bits per heavy atom. The Bertz CT molecular complexity index is 1560. The van der Waals surface area contributed by atoms with Crippen molar-refractivity contribution < 1.29 is 34.1 Å². The van der Waals surface area contributed by atoms with Gasteiger partial charge in [0.05, 0.1) is 29.0 Å². The van der Waals surface area contributed by atoms with E-state index in [-0.39, 0.29) is 42.0 Å². The molecular formula is C26H25N3O8. The van der Waals surface area contributed by atoms with Crippen LogP contribution in [0.15, 0.2) is 29.1 Å². The molecule has 192 valence electrons. The van der Waals surface area contributed by atoms with Gasteiger partial charge in [-0.1, -0.05) is 13.8 Å². The number of carboxylic acids is 1. The van der Waals surface area contributed by atoms with Crippen molar-refractivity contribution in [1.82, 2.24) is 14.5 Å². The number of benzene rings is 1. The topological polar surface area (TPSA) is 148 Å². The molecule has 1 amide bonds. The minimum atomic E-state index is -1.90. The van der Waals surface area contributed by atoms with E-state index in [1.807, 2.05) is 6.92 Å². The molecule has 0 aliphatic carbocycles. The van der Waals surface area contributed by atoms with Gasteiger partial charge in [0, 0.05) is 23.6 Å². The maximum Gasteiger partial charge on any atom is 0.415 e. The van der Waals surface area contributed by atoms with E-state index in [1.54, 1.807) is 35.8 Å². The van der Waals surface area contributed by atoms with Crippen LogP contribution in [0.25, 0.3) is 22.3 Å². The largest absolute Gasteiger partial charge is 0.480 e. The summed E-state index contributed by atoms with van der Waals surface area (Å²) in [6.45, 7) is 3.18. The number of hydrogen-bond donors (Lipinski definition) is 2. The van der Waals surface area contributed by atoms with Crippen LogP contribution in [0.1, 0.15) is 42.5 Å². The SMILES string of the molecule is CCc1c2c(nc3ccc(OC(=O)N(C)CC(=O)O)cc13)-c1cc3c(c(=O)n1C2)COC(=O)[C@]3(O)CC. The molecule has 1 atom stereocenters. The predicted molar refractivity (Wildman–Crippen MR) is 130 cm³/mol. The van der Waals surface area contributed by atoms with Gasteiger partial charge in [0.15, 0.2) is 5.60 Å². The number of ether oxygens (including phenoxy) is 2. The number of fused-ring (bicyclic) bond motifs is 5. The minimum Gasteiger partial charge on any atom is -0.480 e. The average molecular weight is 507 g/mol. The van der Waals surface area contributed by atoms with Crippen LogP contribution in [0.5, 0.6) is 5.75 Å². The number of carbonyl (C=O) groups excluding carboxylic acids is 2. The smallest absolute Gasteiger partial charge is 0.415 e. The number of esters is 1. The molecule has 0 saturated carbocycles. The third kappa shape index (κ3) is 3.73. The number of hydrogen-bond acceptors (Lipinski definition) is 8. The fraction of sp³-hybridized carbons (Fsp3) is 0.346. The van der Waals surface area contributed by atoms with Crippen LogP contribution in [0.4, 0.5) is 4.79 Å². The molecule has 0 unspecified atom stereocenters. The van der Waals surface area contributed by atoms with Crippen LogP contribution in [-0.2, 0) is 39.5 Å². The van der Waals surface area contributed by atoms with Crippen molar-refractivity contribution in [2.75, 3.05) is 13.6 Å². The van der Waals surface area contributed by atoms with Crippen molar-refractivity contribution in [2.45, 2.75) is 45.4 Å². The molecule has 2 aliphatic heterocycles. The average Bonchev–Trinajstić information content (AvgIpc) is 3.23. The van der Waals surface area contributed by atoms with E-state index < -0.39 is 30.2 Å². The second-order valence-electron chi connectivity index (χ2n) is 9.17. The Morgan fingerprint density at radius 1 is 1.22 bits per heavy atom. The molecule has 2 N–H and O–H groups in total. The lowest BCUT2D eigenvalue weighted by molar-refractivity contribution is -0.172. The molecular weight excluding hydrogens is 482 g/mol. The molecule has 0 bridgehead atoms. The fourth-order valence-electron chi connectivity index (χ4n) is 5.05. The first kappa shape index (κ1) is 24.4. The zero-order chi connectivity index (χ0) is 26.6. The lowest BCUT2D eigenvalue weighted by Gasteiger charge is -2.31. The van der Waals surface area contributed by atoms with Gasteiger partial charge in [0.2, 0.25) is 0 Å². The molecule has 2 aliphatic rings. The van der Waals surface area contributed by atoms with E-state index in [9.17, 15) is 24.3 Å². The van der Waals surface area contributed by atoms with Gasteiger partial charge in [0.1, 0.15) is 18.9 Å². The molecule has 0 radical (unpaired) electrons. The monoisotopic (exact) mass is 507 g/mol. The Labute approximate surface area is 210 Å². The molecule has 4 heterocycles. The summed E-state index contributed by atoms with van der Waals surface area (Å²) >= 11 is 0. The van der Waals surface area contributed by atoms with E-state index in [2.05, 4.69) is 0 Å². The molecule has 0 spiro atoms. The summed E-state index contributed by atoms with van der Waals surface area (Å²) in [6, 6.07) is 6.59. The number of aliphatic hydroxyl groups is 1. The summed E-state index contributed by atoms with van der Waals surface area (Å²) in [7, 11) is 1.33. The highest BCUT2D eigenvalue weighted by Gasteiger charge is 2.45. The maximum atomic E-state index is 13.4. The number of amides is 1. The normalized spacial score (nSPS) is 17.6. The van der Waals surface area contributed by atoms with Crippen LogP contribution in [0.2, 0.25) is 0 Å². The first-order chi connectivity index (χ1) is 17.6. The quantitative estimate of drug-likeness (QED) is 0.388. The summed E-state index contributed by atoms with van der Waals surface area (Å²) in [4.78, 5) is 54.7. The maximum absolute atomic E-state index is 13.4. The number of aryl methyl sites for hydroxylation is 1. The molecule has 1 aromatic carbocycles. The fourth-order valence-corrected chi connectivity index (χ4v) is 5.05. The van der Waals surface area contributed by atoms with Crippen LogP contribution in [0.3, 0.4) is 0 Å². The summed E-state index contributed by atoms with van der Waals surface area (Å²) in [5.41, 5.74) is 1.72. The first-order valence-electron chi connectivity index (χ1n) is 11.9. The van der Waals surface area contributed by atoms with E-state index in [0.717, 1.165) is 21.4 Å². The zero-order valence-corrected chi connectivity index (χ0v) is 20.5. The van der Waals surface area contributed by atoms with Crippen molar-refractivity contribution in [2.24, 2.45) is 0 Å². The summed E-state index contributed by atoms with van der Waals surface area (Å²) in [6.07, 6.45) is -0.150. The molecule has 0 saturated heterocycles. The number of rotatable bonds is 5. The number of aliphatic carboxylic acids is 1. The number of cyclic esters (lactones) is 1. The van der Waals surface area contributed by atoms with Crippen LogP contribution in [0, 0.1) is 0 Å². The van der Waals surface area contributed by atoms with Gasteiger partial charge in [-0.05, 0) is 42.7 Å². The van der Waals surface area contributed by atoms with Gasteiger partial charge in [0.25, 0.3) is 5.56 Å². The predicted octanol–water partition coefficient (Wildman–Crippen LogP) is 2.16. The highest BCUT2D eigenvalue weighted by atomic mass is 16.6. The Balaban J connectivity index is 1.61. The van der Waals surface area contributed by atoms with Crippen LogP contribution < -0.4 is 10.3 Å². The number of aromatic nitrogens is 2. The second-order valence-corrected chi connectivity index (χ2v) is 9.17. The zero-order valence-electron chi connectivity index (χ0n) is 20.5. The van der Waals surface area contributed by atoms with Crippen molar-refractivity contribution in [3.8, 4) is 17.1 Å². The lowest BCUT2D eigenvalue weighted by atomic mass is 9.86. The van der Waals surface area contributed by atoms with Gasteiger partial charge in [-0.25, -0.2) is 14.6 Å². The van der Waals surface area contributed by atoms with Crippen molar-refractivity contribution in [3.63, 3.8) is 0 Å². The highest BCUT2D eigenvalue weighted by molar-refractivity contribution is 5.90. The van der Waals surface area contributed by atoms with Gasteiger partial charge in [-0.2, -0.15) is 0 Å². The van der Waals surface area contributed by atoms with E-state index in [4.69, 9.17) is 19.6 Å². The third-order valence-electron chi connectivity index (χ3n) is 7.02. The van der Waals surface area contributed by atoms with E-state index in [0.29, 0.717) is 23.3 Å². The molecule has 37 heavy (non-hydrogen) atoms. The number of carboxylic acid groups (broad SMARTS) is 1. The number of pyridine rings is 2. The summed E-state index contributed by atoms with van der Waals surface area (Å²) in [5.74, 6) is -1.70. The van der Waals surface area contributed by atoms with Crippen molar-refractivity contribution in [3.05, 3.63) is 56.9 Å². The van der Waals surface area contributed by atoms with Crippen molar-refractivity contribution in [1.29, 1.82) is 0 Å². The Kier molecular flexibility index (Phi) is 5.75. The molecule has 5 rings (SSSR count). The molecule has 11 nitrogen and oxygen atoms in total. The third-order valence-corrected chi connectivity index (χ3v) is 7.02.